The summed E-state index contributed by atoms with van der Waals surface area (Å²) in [6.07, 6.45) is 3.85. The van der Waals surface area contributed by atoms with Gasteiger partial charge in [-0.15, -0.1) is 0 Å². The molecule has 2 aromatic heterocycles. The number of nitrogens with one attached hydrogen (secondary N) is 1. The molecule has 4 aromatic rings. The zero-order valence-corrected chi connectivity index (χ0v) is 19.8. The lowest BCUT2D eigenvalue weighted by Crippen LogP contribution is -2.27. The van der Waals surface area contributed by atoms with E-state index in [0.717, 1.165) is 6.07 Å². The fourth-order valence-corrected chi connectivity index (χ4v) is 3.51. The molecule has 36 heavy (non-hydrogen) atoms. The Morgan fingerprint density at radius 3 is 2.47 bits per heavy atom. The third-order valence-electron chi connectivity index (χ3n) is 5.02. The van der Waals surface area contributed by atoms with Crippen molar-refractivity contribution >= 4 is 17.5 Å². The fourth-order valence-electron chi connectivity index (χ4n) is 3.51. The first-order chi connectivity index (χ1) is 17.2. The lowest BCUT2D eigenvalue weighted by atomic mass is 10.0. The molecule has 0 aliphatic rings. The second-order valence-corrected chi connectivity index (χ2v) is 8.81. The summed E-state index contributed by atoms with van der Waals surface area (Å²) in [5.41, 5.74) is 0.417. The maximum absolute atomic E-state index is 14.6. The van der Waals surface area contributed by atoms with Crippen molar-refractivity contribution in [3.63, 3.8) is 0 Å². The average molecular weight is 484 g/mol. The number of amides is 1. The number of halogens is 1. The number of pyridine rings is 1. The SMILES string of the molecule is [C-]#[N+]c1ccccc1-c1cc(-c2ncccn2)cn(-c2ccc(F)c(NC(=O)OC(C)(C)C)c2)c1=O. The third kappa shape index (κ3) is 5.28. The number of benzene rings is 2. The van der Waals surface area contributed by atoms with Gasteiger partial charge in [-0.1, -0.05) is 24.3 Å². The Bertz CT molecular complexity index is 1540. The van der Waals surface area contributed by atoms with Crippen LogP contribution in [0.4, 0.5) is 20.6 Å². The van der Waals surface area contributed by atoms with Gasteiger partial charge in [-0.05, 0) is 56.7 Å². The van der Waals surface area contributed by atoms with Crippen molar-refractivity contribution in [2.75, 3.05) is 5.32 Å². The molecular weight excluding hydrogens is 461 g/mol. The van der Waals surface area contributed by atoms with Crippen LogP contribution >= 0.6 is 0 Å². The van der Waals surface area contributed by atoms with Gasteiger partial charge in [-0.2, -0.15) is 0 Å². The van der Waals surface area contributed by atoms with E-state index in [1.807, 2.05) is 0 Å². The van der Waals surface area contributed by atoms with Crippen molar-refractivity contribution in [2.45, 2.75) is 26.4 Å². The van der Waals surface area contributed by atoms with Gasteiger partial charge < -0.3 is 4.74 Å². The minimum Gasteiger partial charge on any atom is -0.444 e. The number of rotatable bonds is 4. The maximum Gasteiger partial charge on any atom is 0.412 e. The van der Waals surface area contributed by atoms with E-state index in [0.29, 0.717) is 22.6 Å². The normalized spacial score (nSPS) is 11.0. The van der Waals surface area contributed by atoms with Gasteiger partial charge in [0.1, 0.15) is 11.4 Å². The van der Waals surface area contributed by atoms with Gasteiger partial charge >= 0.3 is 6.09 Å². The summed E-state index contributed by atoms with van der Waals surface area (Å²) in [5.74, 6) is -0.333. The number of hydrogen-bond donors (Lipinski definition) is 1. The second-order valence-electron chi connectivity index (χ2n) is 8.81. The predicted molar refractivity (Wildman–Crippen MR) is 135 cm³/mol. The minimum absolute atomic E-state index is 0.155. The van der Waals surface area contributed by atoms with Crippen LogP contribution in [0.2, 0.25) is 0 Å². The number of hydrogen-bond acceptors (Lipinski definition) is 5. The van der Waals surface area contributed by atoms with E-state index in [1.54, 1.807) is 69.6 Å². The Balaban J connectivity index is 1.89. The van der Waals surface area contributed by atoms with Crippen LogP contribution in [0.5, 0.6) is 0 Å². The molecule has 0 bridgehead atoms. The maximum atomic E-state index is 14.6. The molecule has 180 valence electrons. The Morgan fingerprint density at radius 1 is 1.06 bits per heavy atom. The number of nitrogens with zero attached hydrogens (tertiary/aromatic N) is 4. The highest BCUT2D eigenvalue weighted by atomic mass is 19.1. The monoisotopic (exact) mass is 483 g/mol. The van der Waals surface area contributed by atoms with Gasteiger partial charge in [-0.3, -0.25) is 14.7 Å². The molecule has 0 spiro atoms. The van der Waals surface area contributed by atoms with Crippen LogP contribution in [-0.4, -0.2) is 26.2 Å². The molecule has 2 aromatic carbocycles. The summed E-state index contributed by atoms with van der Waals surface area (Å²) >= 11 is 0. The van der Waals surface area contributed by atoms with E-state index in [-0.39, 0.29) is 16.9 Å². The van der Waals surface area contributed by atoms with Crippen molar-refractivity contribution in [3.8, 4) is 28.2 Å². The first-order valence-corrected chi connectivity index (χ1v) is 11.0. The Hall–Kier alpha value is -4.84. The Morgan fingerprint density at radius 2 is 1.78 bits per heavy atom. The molecule has 0 fully saturated rings. The van der Waals surface area contributed by atoms with Crippen LogP contribution < -0.4 is 10.9 Å². The van der Waals surface area contributed by atoms with E-state index < -0.39 is 23.1 Å². The van der Waals surface area contributed by atoms with Crippen LogP contribution in [0.3, 0.4) is 0 Å². The first-order valence-electron chi connectivity index (χ1n) is 11.0. The van der Waals surface area contributed by atoms with Crippen LogP contribution in [0, 0.1) is 12.4 Å². The van der Waals surface area contributed by atoms with Gasteiger partial charge in [0.15, 0.2) is 11.5 Å². The van der Waals surface area contributed by atoms with Crippen LogP contribution in [0.15, 0.2) is 78.0 Å². The molecule has 2 heterocycles. The fraction of sp³-hybridized carbons (Fsp3) is 0.148. The Labute approximate surface area is 206 Å². The molecule has 0 aliphatic carbocycles. The van der Waals surface area contributed by atoms with E-state index in [1.165, 1.54) is 22.9 Å². The molecule has 0 atom stereocenters. The highest BCUT2D eigenvalue weighted by molar-refractivity contribution is 5.85. The van der Waals surface area contributed by atoms with E-state index in [4.69, 9.17) is 11.3 Å². The zero-order chi connectivity index (χ0) is 25.9. The summed E-state index contributed by atoms with van der Waals surface area (Å²) in [6.45, 7) is 12.6. The van der Waals surface area contributed by atoms with E-state index in [2.05, 4.69) is 20.1 Å². The molecular formula is C27H22FN5O3. The van der Waals surface area contributed by atoms with Crippen molar-refractivity contribution in [2.24, 2.45) is 0 Å². The van der Waals surface area contributed by atoms with Gasteiger partial charge in [0.2, 0.25) is 0 Å². The molecule has 0 saturated heterocycles. The summed E-state index contributed by atoms with van der Waals surface area (Å²) in [6, 6.07) is 14.0. The highest BCUT2D eigenvalue weighted by Crippen LogP contribution is 2.31. The Kier molecular flexibility index (Phi) is 6.61. The number of aromatic nitrogens is 3. The van der Waals surface area contributed by atoms with E-state index >= 15 is 0 Å². The molecule has 8 nitrogen and oxygen atoms in total. The number of para-hydroxylation sites is 1. The topological polar surface area (TPSA) is 90.5 Å². The number of ether oxygens (including phenoxy) is 1. The van der Waals surface area contributed by atoms with Crippen molar-refractivity contribution in [1.29, 1.82) is 0 Å². The molecule has 0 saturated carbocycles. The predicted octanol–water partition coefficient (Wildman–Crippen LogP) is 6.00. The van der Waals surface area contributed by atoms with E-state index in [9.17, 15) is 14.0 Å². The second kappa shape index (κ2) is 9.80. The number of carbonyl (C=O) groups excluding carboxylic acids is 1. The molecule has 4 rings (SSSR count). The molecule has 0 unspecified atom stereocenters. The lowest BCUT2D eigenvalue weighted by molar-refractivity contribution is 0.0635. The van der Waals surface area contributed by atoms with Crippen molar-refractivity contribution < 1.29 is 13.9 Å². The van der Waals surface area contributed by atoms with Crippen LogP contribution in [-0.2, 0) is 4.74 Å². The molecule has 9 heteroatoms. The summed E-state index contributed by atoms with van der Waals surface area (Å²) in [5, 5.41) is 2.39. The largest absolute Gasteiger partial charge is 0.444 e. The summed E-state index contributed by atoms with van der Waals surface area (Å²) in [4.78, 5) is 38.0. The molecule has 0 aliphatic heterocycles. The lowest BCUT2D eigenvalue weighted by Gasteiger charge is -2.20. The van der Waals surface area contributed by atoms with Gasteiger partial charge in [-0.25, -0.2) is 24.0 Å². The summed E-state index contributed by atoms with van der Waals surface area (Å²) < 4.78 is 21.1. The number of carbonyl (C=O) groups is 1. The number of anilines is 1. The summed E-state index contributed by atoms with van der Waals surface area (Å²) in [7, 11) is 0. The van der Waals surface area contributed by atoms with Crippen molar-refractivity contribution in [1.82, 2.24) is 14.5 Å². The highest BCUT2D eigenvalue weighted by Gasteiger charge is 2.19. The van der Waals surface area contributed by atoms with Crippen molar-refractivity contribution in [3.05, 3.63) is 101 Å². The smallest absolute Gasteiger partial charge is 0.412 e. The van der Waals surface area contributed by atoms with Gasteiger partial charge in [0, 0.05) is 29.7 Å². The standard InChI is InChI=1S/C27H22FN5O3/c1-27(2,3)36-26(35)32-23-15-18(10-11-21(23)28)33-16-17(24-30-12-7-13-31-24)14-20(25(33)34)19-8-5-6-9-22(19)29-4/h5-16H,1-3H3,(H,32,35). The quantitative estimate of drug-likeness (QED) is 0.360. The molecule has 0 radical (unpaired) electrons. The third-order valence-corrected chi connectivity index (χ3v) is 5.02. The van der Waals surface area contributed by atoms with Gasteiger partial charge in [0.25, 0.3) is 5.56 Å². The van der Waals surface area contributed by atoms with Crippen LogP contribution in [0.1, 0.15) is 20.8 Å². The molecule has 1 amide bonds. The zero-order valence-electron chi connectivity index (χ0n) is 19.8. The van der Waals surface area contributed by atoms with Gasteiger partial charge in [0.05, 0.1) is 17.9 Å². The van der Waals surface area contributed by atoms with Crippen LogP contribution in [0.25, 0.3) is 33.0 Å². The minimum atomic E-state index is -0.830. The molecule has 1 N–H and O–H groups in total. The average Bonchev–Trinajstić information content (AvgIpc) is 2.85. The first kappa shape index (κ1) is 24.3.